The Bertz CT molecular complexity index is 634. The second-order valence-corrected chi connectivity index (χ2v) is 8.82. The van der Waals surface area contributed by atoms with Crippen molar-refractivity contribution in [3.63, 3.8) is 0 Å². The Morgan fingerprint density at radius 3 is 2.14 bits per heavy atom. The van der Waals surface area contributed by atoms with Gasteiger partial charge >= 0.3 is 0 Å². The van der Waals surface area contributed by atoms with Crippen LogP contribution in [0.4, 0.5) is 0 Å². The van der Waals surface area contributed by atoms with E-state index < -0.39 is 10.0 Å². The van der Waals surface area contributed by atoms with Crippen molar-refractivity contribution in [3.05, 3.63) is 24.3 Å². The fourth-order valence-corrected chi connectivity index (χ4v) is 3.21. The van der Waals surface area contributed by atoms with Crippen LogP contribution in [0, 0.1) is 5.41 Å². The summed E-state index contributed by atoms with van der Waals surface area (Å²) in [7, 11) is -0.380. The summed E-state index contributed by atoms with van der Waals surface area (Å²) in [6.07, 6.45) is 4.16. The molecule has 22 heavy (non-hydrogen) atoms. The van der Waals surface area contributed by atoms with Gasteiger partial charge in [-0.3, -0.25) is 0 Å². The van der Waals surface area contributed by atoms with Crippen molar-refractivity contribution < 1.29 is 13.3 Å². The quantitative estimate of drug-likeness (QED) is 0.799. The lowest BCUT2D eigenvalue weighted by Crippen LogP contribution is -2.22. The largest absolute Gasteiger partial charge is 0.357 e. The first-order chi connectivity index (χ1) is 10.2. The molecule has 0 radical (unpaired) electrons. The van der Waals surface area contributed by atoms with Gasteiger partial charge in [-0.15, -0.1) is 0 Å². The van der Waals surface area contributed by atoms with E-state index in [1.807, 2.05) is 0 Å². The second-order valence-electron chi connectivity index (χ2n) is 6.67. The summed E-state index contributed by atoms with van der Waals surface area (Å²) in [5.41, 5.74) is 1.46. The van der Waals surface area contributed by atoms with E-state index in [0.717, 1.165) is 31.4 Å². The lowest BCUT2D eigenvalue weighted by Gasteiger charge is -2.29. The van der Waals surface area contributed by atoms with Crippen LogP contribution in [-0.4, -0.2) is 32.5 Å². The fraction of sp³-hybridized carbons (Fsp3) is 0.562. The molecule has 0 aliphatic heterocycles. The van der Waals surface area contributed by atoms with Gasteiger partial charge in [0.2, 0.25) is 10.0 Å². The van der Waals surface area contributed by atoms with Crippen molar-refractivity contribution >= 4 is 15.7 Å². The average molecular weight is 324 g/mol. The normalized spacial score (nSPS) is 18.3. The fourth-order valence-electron chi connectivity index (χ4n) is 2.31. The molecule has 1 aliphatic rings. The zero-order valence-corrected chi connectivity index (χ0v) is 14.5. The third kappa shape index (κ3) is 4.08. The number of hydrogen-bond donors (Lipinski definition) is 0. The van der Waals surface area contributed by atoms with Crippen LogP contribution in [-0.2, 0) is 10.0 Å². The molecular weight excluding hydrogens is 300 g/mol. The van der Waals surface area contributed by atoms with E-state index in [4.69, 9.17) is 4.84 Å². The van der Waals surface area contributed by atoms with Gasteiger partial charge in [0.25, 0.3) is 0 Å². The number of nitrogens with zero attached hydrogens (tertiary/aromatic N) is 2. The minimum atomic E-state index is -3.40. The summed E-state index contributed by atoms with van der Waals surface area (Å²) in [5, 5.41) is 4.20. The van der Waals surface area contributed by atoms with E-state index in [1.165, 1.54) is 30.5 Å². The summed E-state index contributed by atoms with van der Waals surface area (Å²) in [6, 6.07) is 6.34. The van der Waals surface area contributed by atoms with Crippen molar-refractivity contribution in [1.29, 1.82) is 0 Å². The summed E-state index contributed by atoms with van der Waals surface area (Å²) in [5.74, 6) is 0.551. The number of benzene rings is 1. The molecule has 1 aromatic carbocycles. The Balaban J connectivity index is 2.01. The van der Waals surface area contributed by atoms with Gasteiger partial charge in [0.1, 0.15) is 0 Å². The van der Waals surface area contributed by atoms with E-state index in [-0.39, 0.29) is 4.90 Å². The Morgan fingerprint density at radius 1 is 1.09 bits per heavy atom. The van der Waals surface area contributed by atoms with Crippen molar-refractivity contribution in [3.8, 4) is 5.75 Å². The van der Waals surface area contributed by atoms with Gasteiger partial charge in [0, 0.05) is 14.1 Å². The van der Waals surface area contributed by atoms with Crippen LogP contribution >= 0.6 is 0 Å². The van der Waals surface area contributed by atoms with Gasteiger partial charge in [-0.25, -0.2) is 12.7 Å². The van der Waals surface area contributed by atoms with E-state index in [9.17, 15) is 8.42 Å². The van der Waals surface area contributed by atoms with Crippen molar-refractivity contribution in [1.82, 2.24) is 4.31 Å². The van der Waals surface area contributed by atoms with Gasteiger partial charge < -0.3 is 4.84 Å². The molecule has 6 heteroatoms. The van der Waals surface area contributed by atoms with E-state index in [0.29, 0.717) is 11.2 Å². The molecule has 0 saturated heterocycles. The Labute approximate surface area is 133 Å². The number of hydrogen-bond acceptors (Lipinski definition) is 4. The molecule has 0 amide bonds. The zero-order chi connectivity index (χ0) is 16.4. The minimum Gasteiger partial charge on any atom is -0.357 e. The molecular formula is C16H24N2O3S. The van der Waals surface area contributed by atoms with Crippen molar-refractivity contribution in [2.24, 2.45) is 10.6 Å². The van der Waals surface area contributed by atoms with Crippen LogP contribution in [0.2, 0.25) is 0 Å². The van der Waals surface area contributed by atoms with E-state index in [1.54, 1.807) is 12.1 Å². The average Bonchev–Trinajstić information content (AvgIpc) is 2.46. The molecule has 122 valence electrons. The lowest BCUT2D eigenvalue weighted by atomic mass is 9.77. The molecule has 1 aliphatic carbocycles. The van der Waals surface area contributed by atoms with Gasteiger partial charge in [-0.05, 0) is 55.4 Å². The Hall–Kier alpha value is -1.40. The molecule has 0 N–H and O–H groups in total. The molecule has 1 aromatic rings. The SMILES string of the molecule is CN(C)S(=O)(=O)c1ccc(ON=C2CCC(C)(C)CC2)cc1. The van der Waals surface area contributed by atoms with Gasteiger partial charge in [-0.1, -0.05) is 19.0 Å². The zero-order valence-electron chi connectivity index (χ0n) is 13.7. The highest BCUT2D eigenvalue weighted by Gasteiger charge is 2.24. The highest BCUT2D eigenvalue weighted by Crippen LogP contribution is 2.33. The summed E-state index contributed by atoms with van der Waals surface area (Å²) in [6.45, 7) is 4.54. The van der Waals surface area contributed by atoms with Gasteiger partial charge in [-0.2, -0.15) is 0 Å². The smallest absolute Gasteiger partial charge is 0.242 e. The third-order valence-corrected chi connectivity index (χ3v) is 5.89. The van der Waals surface area contributed by atoms with E-state index >= 15 is 0 Å². The predicted octanol–water partition coefficient (Wildman–Crippen LogP) is 3.27. The topological polar surface area (TPSA) is 59.0 Å². The van der Waals surface area contributed by atoms with Crippen LogP contribution in [0.15, 0.2) is 34.3 Å². The molecule has 5 nitrogen and oxygen atoms in total. The summed E-state index contributed by atoms with van der Waals surface area (Å²) < 4.78 is 25.1. The Kier molecular flexibility index (Phi) is 4.92. The molecule has 1 saturated carbocycles. The standard InChI is InChI=1S/C16H24N2O3S/c1-16(2)11-9-13(10-12-16)17-21-14-5-7-15(8-6-14)22(19,20)18(3)4/h5-8H,9-12H2,1-4H3. The number of rotatable bonds is 4. The molecule has 0 bridgehead atoms. The summed E-state index contributed by atoms with van der Waals surface area (Å²) in [4.78, 5) is 5.67. The first-order valence-corrected chi connectivity index (χ1v) is 8.90. The summed E-state index contributed by atoms with van der Waals surface area (Å²) >= 11 is 0. The van der Waals surface area contributed by atoms with Crippen LogP contribution in [0.1, 0.15) is 39.5 Å². The molecule has 0 unspecified atom stereocenters. The predicted molar refractivity (Wildman–Crippen MR) is 87.6 cm³/mol. The molecule has 0 aromatic heterocycles. The highest BCUT2D eigenvalue weighted by molar-refractivity contribution is 7.89. The van der Waals surface area contributed by atoms with Crippen molar-refractivity contribution in [2.75, 3.05) is 14.1 Å². The first-order valence-electron chi connectivity index (χ1n) is 7.46. The maximum Gasteiger partial charge on any atom is 0.242 e. The number of sulfonamides is 1. The second kappa shape index (κ2) is 6.38. The van der Waals surface area contributed by atoms with Gasteiger partial charge in [0.05, 0.1) is 10.6 Å². The monoisotopic (exact) mass is 324 g/mol. The van der Waals surface area contributed by atoms with Crippen LogP contribution in [0.5, 0.6) is 5.75 Å². The van der Waals surface area contributed by atoms with Crippen molar-refractivity contribution in [2.45, 2.75) is 44.4 Å². The third-order valence-electron chi connectivity index (χ3n) is 4.06. The molecule has 0 heterocycles. The molecule has 0 spiro atoms. The maximum atomic E-state index is 12.0. The minimum absolute atomic E-state index is 0.247. The number of oxime groups is 1. The Morgan fingerprint density at radius 2 is 1.64 bits per heavy atom. The maximum absolute atomic E-state index is 12.0. The van der Waals surface area contributed by atoms with Crippen LogP contribution < -0.4 is 4.84 Å². The highest BCUT2D eigenvalue weighted by atomic mass is 32.2. The van der Waals surface area contributed by atoms with Crippen LogP contribution in [0.25, 0.3) is 0 Å². The van der Waals surface area contributed by atoms with Crippen LogP contribution in [0.3, 0.4) is 0 Å². The molecule has 2 rings (SSSR count). The lowest BCUT2D eigenvalue weighted by molar-refractivity contribution is 0.287. The molecule has 0 atom stereocenters. The van der Waals surface area contributed by atoms with Gasteiger partial charge in [0.15, 0.2) is 5.75 Å². The molecule has 1 fully saturated rings. The van der Waals surface area contributed by atoms with E-state index in [2.05, 4.69) is 19.0 Å². The first kappa shape index (κ1) is 17.0.